The van der Waals surface area contributed by atoms with Crippen molar-refractivity contribution in [3.05, 3.63) is 57.8 Å². The fourth-order valence-corrected chi connectivity index (χ4v) is 4.03. The van der Waals surface area contributed by atoms with Crippen LogP contribution in [0.5, 0.6) is 5.75 Å². The van der Waals surface area contributed by atoms with E-state index in [9.17, 15) is 10.1 Å². The molecular weight excluding hydrogens is 378 g/mol. The lowest BCUT2D eigenvalue weighted by Gasteiger charge is -2.31. The molecule has 0 saturated carbocycles. The van der Waals surface area contributed by atoms with Crippen molar-refractivity contribution in [2.75, 3.05) is 6.61 Å². The summed E-state index contributed by atoms with van der Waals surface area (Å²) in [5.74, 6) is 0.519. The number of halogens is 1. The number of carbonyl (C=O) groups excluding carboxylic acids is 1. The second-order valence-electron chi connectivity index (χ2n) is 6.69. The van der Waals surface area contributed by atoms with Crippen molar-refractivity contribution in [2.45, 2.75) is 32.1 Å². The Morgan fingerprint density at radius 3 is 2.96 bits per heavy atom. The Labute approximate surface area is 167 Å². The molecule has 142 valence electrons. The number of carbonyl (C=O) groups is 1. The van der Waals surface area contributed by atoms with E-state index < -0.39 is 5.92 Å². The third-order valence-electron chi connectivity index (χ3n) is 4.99. The summed E-state index contributed by atoms with van der Waals surface area (Å²) in [5, 5.41) is 10.7. The molecule has 0 saturated heterocycles. The molecule has 1 atom stereocenters. The van der Waals surface area contributed by atoms with Gasteiger partial charge in [-0.2, -0.15) is 5.26 Å². The monoisotopic (exact) mass is 395 g/mol. The fourth-order valence-electron chi connectivity index (χ4n) is 3.77. The molecule has 7 heteroatoms. The molecule has 0 unspecified atom stereocenters. The summed E-state index contributed by atoms with van der Waals surface area (Å²) < 4.78 is 11.2. The molecule has 0 radical (unpaired) electrons. The standard InChI is InChI=1S/C21H18ClN3O3/c1-2-27-12-6-7-15-11(8-12)9-13(20(22)25-15)18-14(10-23)21(24)28-17-5-3-4-16(26)19(17)18/h6-9,18H,2-5,24H2,1H3/t18-/m1/s1. The first-order valence-corrected chi connectivity index (χ1v) is 9.48. The average molecular weight is 396 g/mol. The minimum Gasteiger partial charge on any atom is -0.494 e. The Bertz CT molecular complexity index is 1100. The number of nitrogens with two attached hydrogens (primary N) is 1. The van der Waals surface area contributed by atoms with Gasteiger partial charge in [0, 0.05) is 29.4 Å². The predicted molar refractivity (Wildman–Crippen MR) is 104 cm³/mol. The number of benzene rings is 1. The van der Waals surface area contributed by atoms with Crippen LogP contribution >= 0.6 is 11.6 Å². The van der Waals surface area contributed by atoms with Crippen molar-refractivity contribution in [3.63, 3.8) is 0 Å². The molecule has 1 aromatic carbocycles. The van der Waals surface area contributed by atoms with Gasteiger partial charge in [-0.1, -0.05) is 11.6 Å². The summed E-state index contributed by atoms with van der Waals surface area (Å²) in [6, 6.07) is 9.46. The zero-order valence-electron chi connectivity index (χ0n) is 15.3. The van der Waals surface area contributed by atoms with E-state index in [-0.39, 0.29) is 22.4 Å². The van der Waals surface area contributed by atoms with Crippen LogP contribution in [0.2, 0.25) is 5.15 Å². The number of hydrogen-bond donors (Lipinski definition) is 1. The van der Waals surface area contributed by atoms with Crippen LogP contribution in [0.25, 0.3) is 10.9 Å². The molecule has 0 spiro atoms. The second kappa shape index (κ2) is 7.17. The first kappa shape index (κ1) is 18.3. The van der Waals surface area contributed by atoms with E-state index in [1.165, 1.54) is 0 Å². The molecule has 4 rings (SSSR count). The maximum Gasteiger partial charge on any atom is 0.205 e. The summed E-state index contributed by atoms with van der Waals surface area (Å²) in [4.78, 5) is 17.2. The van der Waals surface area contributed by atoms with Crippen LogP contribution in [0.15, 0.2) is 47.1 Å². The molecule has 1 aromatic heterocycles. The molecule has 6 nitrogen and oxygen atoms in total. The number of aromatic nitrogens is 1. The minimum absolute atomic E-state index is 0.0141. The number of fused-ring (bicyclic) bond motifs is 1. The van der Waals surface area contributed by atoms with Gasteiger partial charge in [-0.05, 0) is 37.6 Å². The highest BCUT2D eigenvalue weighted by Crippen LogP contribution is 2.45. The van der Waals surface area contributed by atoms with Crippen molar-refractivity contribution in [3.8, 4) is 11.8 Å². The van der Waals surface area contributed by atoms with Crippen LogP contribution < -0.4 is 10.5 Å². The lowest BCUT2D eigenvalue weighted by atomic mass is 9.78. The van der Waals surface area contributed by atoms with Crippen molar-refractivity contribution < 1.29 is 14.3 Å². The van der Waals surface area contributed by atoms with Crippen molar-refractivity contribution in [1.82, 2.24) is 4.98 Å². The van der Waals surface area contributed by atoms with Gasteiger partial charge in [0.15, 0.2) is 5.78 Å². The maximum atomic E-state index is 12.7. The lowest BCUT2D eigenvalue weighted by Crippen LogP contribution is -2.27. The van der Waals surface area contributed by atoms with E-state index in [0.29, 0.717) is 54.0 Å². The van der Waals surface area contributed by atoms with Gasteiger partial charge in [-0.15, -0.1) is 0 Å². The SMILES string of the molecule is CCOc1ccc2nc(Cl)c([C@@H]3C(C#N)=C(N)OC4=C3C(=O)CCC4)cc2c1. The molecule has 0 amide bonds. The number of pyridine rings is 1. The minimum atomic E-state index is -0.679. The number of nitriles is 1. The van der Waals surface area contributed by atoms with Gasteiger partial charge in [0.25, 0.3) is 0 Å². The largest absolute Gasteiger partial charge is 0.494 e. The third-order valence-corrected chi connectivity index (χ3v) is 5.30. The Morgan fingerprint density at radius 1 is 1.39 bits per heavy atom. The highest BCUT2D eigenvalue weighted by atomic mass is 35.5. The normalized spacial score (nSPS) is 19.3. The molecule has 0 fully saturated rings. The maximum absolute atomic E-state index is 12.7. The van der Waals surface area contributed by atoms with Gasteiger partial charge in [0.05, 0.1) is 18.0 Å². The summed E-state index contributed by atoms with van der Waals surface area (Å²) in [6.45, 7) is 2.45. The summed E-state index contributed by atoms with van der Waals surface area (Å²) in [5.41, 5.74) is 7.90. The van der Waals surface area contributed by atoms with Gasteiger partial charge in [0.1, 0.15) is 28.3 Å². The van der Waals surface area contributed by atoms with E-state index in [4.69, 9.17) is 26.8 Å². The Kier molecular flexibility index (Phi) is 4.70. The molecule has 0 bridgehead atoms. The number of ketones is 1. The van der Waals surface area contributed by atoms with Crippen LogP contribution in [-0.4, -0.2) is 17.4 Å². The van der Waals surface area contributed by atoms with Crippen LogP contribution in [0.4, 0.5) is 0 Å². The Balaban J connectivity index is 1.93. The molecule has 1 aliphatic carbocycles. The van der Waals surface area contributed by atoms with E-state index in [2.05, 4.69) is 11.1 Å². The number of rotatable bonds is 3. The average Bonchev–Trinajstić information content (AvgIpc) is 2.67. The van der Waals surface area contributed by atoms with Gasteiger partial charge < -0.3 is 15.2 Å². The molecule has 28 heavy (non-hydrogen) atoms. The molecule has 2 aliphatic rings. The number of ether oxygens (including phenoxy) is 2. The Morgan fingerprint density at radius 2 is 2.21 bits per heavy atom. The Hall–Kier alpha value is -3.04. The van der Waals surface area contributed by atoms with Gasteiger partial charge in [0.2, 0.25) is 5.88 Å². The van der Waals surface area contributed by atoms with E-state index in [0.717, 1.165) is 5.39 Å². The lowest BCUT2D eigenvalue weighted by molar-refractivity contribution is -0.116. The molecule has 2 N–H and O–H groups in total. The number of nitrogens with zero attached hydrogens (tertiary/aromatic N) is 2. The molecule has 2 aromatic rings. The highest BCUT2D eigenvalue weighted by Gasteiger charge is 2.39. The van der Waals surface area contributed by atoms with E-state index >= 15 is 0 Å². The highest BCUT2D eigenvalue weighted by molar-refractivity contribution is 6.31. The van der Waals surface area contributed by atoms with E-state index in [1.807, 2.05) is 31.2 Å². The van der Waals surface area contributed by atoms with Crippen LogP contribution in [-0.2, 0) is 9.53 Å². The number of Topliss-reactive ketones (excluding diaryl/α,β-unsaturated/α-hetero) is 1. The second-order valence-corrected chi connectivity index (χ2v) is 7.05. The van der Waals surface area contributed by atoms with Crippen LogP contribution in [0.1, 0.15) is 37.7 Å². The number of hydrogen-bond acceptors (Lipinski definition) is 6. The zero-order valence-corrected chi connectivity index (χ0v) is 16.0. The van der Waals surface area contributed by atoms with Crippen LogP contribution in [0, 0.1) is 11.3 Å². The first-order chi connectivity index (χ1) is 13.5. The quantitative estimate of drug-likeness (QED) is 0.785. The van der Waals surface area contributed by atoms with Gasteiger partial charge in [-0.25, -0.2) is 4.98 Å². The van der Waals surface area contributed by atoms with E-state index in [1.54, 1.807) is 0 Å². The van der Waals surface area contributed by atoms with Gasteiger partial charge in [-0.3, -0.25) is 4.79 Å². The van der Waals surface area contributed by atoms with Crippen molar-refractivity contribution in [1.29, 1.82) is 5.26 Å². The first-order valence-electron chi connectivity index (χ1n) is 9.10. The van der Waals surface area contributed by atoms with Crippen molar-refractivity contribution in [2.24, 2.45) is 5.73 Å². The molecule has 2 heterocycles. The summed E-state index contributed by atoms with van der Waals surface area (Å²) in [7, 11) is 0. The third kappa shape index (κ3) is 2.98. The number of allylic oxidation sites excluding steroid dienone is 3. The van der Waals surface area contributed by atoms with Crippen LogP contribution in [0.3, 0.4) is 0 Å². The fraction of sp³-hybridized carbons (Fsp3) is 0.286. The summed E-state index contributed by atoms with van der Waals surface area (Å²) >= 11 is 6.50. The smallest absolute Gasteiger partial charge is 0.205 e. The molecular formula is C21H18ClN3O3. The summed E-state index contributed by atoms with van der Waals surface area (Å²) in [6.07, 6.45) is 1.70. The zero-order chi connectivity index (χ0) is 19.8. The predicted octanol–water partition coefficient (Wildman–Crippen LogP) is 4.10. The van der Waals surface area contributed by atoms with Gasteiger partial charge >= 0.3 is 0 Å². The molecule has 1 aliphatic heterocycles. The topological polar surface area (TPSA) is 98.2 Å². The van der Waals surface area contributed by atoms with Crippen molar-refractivity contribution >= 4 is 28.3 Å².